The summed E-state index contributed by atoms with van der Waals surface area (Å²) in [6.07, 6.45) is 67.8. The Balaban J connectivity index is 5.26. The van der Waals surface area contributed by atoms with Gasteiger partial charge in [0.1, 0.15) is 19.3 Å². The molecule has 0 saturated carbocycles. The first-order valence-corrected chi connectivity index (χ1v) is 47.0. The van der Waals surface area contributed by atoms with E-state index in [1.165, 1.54) is 270 Å². The molecule has 0 aromatic carbocycles. The maximum absolute atomic E-state index is 13.1. The van der Waals surface area contributed by atoms with Gasteiger partial charge in [0.2, 0.25) is 0 Å². The van der Waals surface area contributed by atoms with E-state index in [9.17, 15) is 43.2 Å². The zero-order chi connectivity index (χ0) is 76.4. The molecule has 0 fully saturated rings. The Morgan fingerprint density at radius 2 is 0.442 bits per heavy atom. The fraction of sp³-hybridized carbons (Fsp3) is 0.953. The lowest BCUT2D eigenvalue weighted by atomic mass is 10.0. The van der Waals surface area contributed by atoms with Crippen LogP contribution in [0.25, 0.3) is 0 Å². The molecule has 104 heavy (non-hydrogen) atoms. The molecule has 0 aliphatic rings. The smallest absolute Gasteiger partial charge is 0.462 e. The maximum Gasteiger partial charge on any atom is 0.472 e. The highest BCUT2D eigenvalue weighted by Gasteiger charge is 2.30. The Bertz CT molecular complexity index is 1990. The molecule has 0 heterocycles. The van der Waals surface area contributed by atoms with Gasteiger partial charge in [0.05, 0.1) is 26.4 Å². The monoisotopic (exact) mass is 1520 g/mol. The Labute approximate surface area is 638 Å². The number of carbonyl (C=O) groups is 4. The van der Waals surface area contributed by atoms with E-state index >= 15 is 0 Å². The average Bonchev–Trinajstić information content (AvgIpc) is 0.909. The van der Waals surface area contributed by atoms with Crippen LogP contribution < -0.4 is 0 Å². The zero-order valence-corrected chi connectivity index (χ0v) is 70.1. The van der Waals surface area contributed by atoms with Crippen molar-refractivity contribution in [3.05, 3.63) is 0 Å². The van der Waals surface area contributed by atoms with Crippen LogP contribution in [0.4, 0.5) is 0 Å². The van der Waals surface area contributed by atoms with Crippen LogP contribution >= 0.6 is 15.6 Å². The number of phosphoric ester groups is 2. The van der Waals surface area contributed by atoms with Crippen molar-refractivity contribution in [3.8, 4) is 0 Å². The van der Waals surface area contributed by atoms with E-state index in [0.29, 0.717) is 25.7 Å². The summed E-state index contributed by atoms with van der Waals surface area (Å²) in [4.78, 5) is 73.2. The van der Waals surface area contributed by atoms with Crippen LogP contribution in [0.3, 0.4) is 0 Å². The molecule has 0 rings (SSSR count). The van der Waals surface area contributed by atoms with Crippen molar-refractivity contribution in [3.63, 3.8) is 0 Å². The van der Waals surface area contributed by atoms with Gasteiger partial charge in [0.25, 0.3) is 0 Å². The van der Waals surface area contributed by atoms with Crippen LogP contribution in [-0.2, 0) is 65.4 Å². The Kier molecular flexibility index (Phi) is 75.0. The summed E-state index contributed by atoms with van der Waals surface area (Å²) in [7, 11) is -9.93. The van der Waals surface area contributed by atoms with E-state index in [2.05, 4.69) is 41.5 Å². The topological polar surface area (TPSA) is 237 Å². The normalized spacial score (nSPS) is 13.8. The predicted octanol–water partition coefficient (Wildman–Crippen LogP) is 25.8. The average molecular weight is 1520 g/mol. The first-order chi connectivity index (χ1) is 50.4. The molecule has 0 bridgehead atoms. The summed E-state index contributed by atoms with van der Waals surface area (Å²) in [5.74, 6) is -0.484. The van der Waals surface area contributed by atoms with Crippen LogP contribution in [-0.4, -0.2) is 96.7 Å². The summed E-state index contributed by atoms with van der Waals surface area (Å²) < 4.78 is 68.9. The highest BCUT2D eigenvalue weighted by atomic mass is 31.2. The van der Waals surface area contributed by atoms with Crippen molar-refractivity contribution >= 4 is 39.5 Å². The molecule has 0 aromatic heterocycles. The molecular formula is C85H166O17P2. The number of phosphoric acid groups is 2. The molecule has 0 saturated heterocycles. The Morgan fingerprint density at radius 3 is 0.654 bits per heavy atom. The van der Waals surface area contributed by atoms with Gasteiger partial charge in [0, 0.05) is 25.7 Å². The van der Waals surface area contributed by atoms with Crippen molar-refractivity contribution < 1.29 is 80.2 Å². The second-order valence-electron chi connectivity index (χ2n) is 31.5. The van der Waals surface area contributed by atoms with E-state index in [1.54, 1.807) is 0 Å². The Hall–Kier alpha value is -1.94. The number of aliphatic hydroxyl groups excluding tert-OH is 1. The van der Waals surface area contributed by atoms with Crippen LogP contribution in [0.2, 0.25) is 0 Å². The summed E-state index contributed by atoms with van der Waals surface area (Å²) in [5.41, 5.74) is 0. The van der Waals surface area contributed by atoms with Crippen molar-refractivity contribution in [1.82, 2.24) is 0 Å². The second-order valence-corrected chi connectivity index (χ2v) is 34.4. The number of rotatable bonds is 84. The molecule has 0 aliphatic carbocycles. The lowest BCUT2D eigenvalue weighted by molar-refractivity contribution is -0.161. The van der Waals surface area contributed by atoms with Crippen molar-refractivity contribution in [1.29, 1.82) is 0 Å². The first kappa shape index (κ1) is 102. The van der Waals surface area contributed by atoms with Gasteiger partial charge in [-0.3, -0.25) is 37.3 Å². The fourth-order valence-corrected chi connectivity index (χ4v) is 14.8. The van der Waals surface area contributed by atoms with E-state index in [0.717, 1.165) is 102 Å². The van der Waals surface area contributed by atoms with Gasteiger partial charge in [-0.05, 0) is 37.5 Å². The summed E-state index contributed by atoms with van der Waals surface area (Å²) in [5, 5.41) is 10.7. The lowest BCUT2D eigenvalue weighted by Crippen LogP contribution is -2.30. The zero-order valence-electron chi connectivity index (χ0n) is 68.3. The maximum atomic E-state index is 13.1. The molecule has 2 unspecified atom stereocenters. The molecule has 19 heteroatoms. The molecular weight excluding hydrogens is 1350 g/mol. The van der Waals surface area contributed by atoms with Crippen LogP contribution in [0.15, 0.2) is 0 Å². The van der Waals surface area contributed by atoms with E-state index < -0.39 is 97.5 Å². The van der Waals surface area contributed by atoms with Crippen LogP contribution in [0.5, 0.6) is 0 Å². The molecule has 5 atom stereocenters. The van der Waals surface area contributed by atoms with Gasteiger partial charge >= 0.3 is 39.5 Å². The van der Waals surface area contributed by atoms with E-state index in [4.69, 9.17) is 37.0 Å². The third kappa shape index (κ3) is 78.2. The minimum absolute atomic E-state index is 0.109. The highest BCUT2D eigenvalue weighted by molar-refractivity contribution is 7.47. The van der Waals surface area contributed by atoms with Crippen molar-refractivity contribution in [2.24, 2.45) is 11.8 Å². The van der Waals surface area contributed by atoms with Gasteiger partial charge < -0.3 is 33.8 Å². The van der Waals surface area contributed by atoms with Gasteiger partial charge in [-0.1, -0.05) is 401 Å². The summed E-state index contributed by atoms with van der Waals surface area (Å²) in [6, 6.07) is 0. The first-order valence-electron chi connectivity index (χ1n) is 44.0. The number of unbranched alkanes of at least 4 members (excludes halogenated alkanes) is 54. The largest absolute Gasteiger partial charge is 0.472 e. The fourth-order valence-electron chi connectivity index (χ4n) is 13.2. The van der Waals surface area contributed by atoms with Crippen LogP contribution in [0, 0.1) is 11.8 Å². The standard InChI is InChI=1S/C85H166O17P2/c1-7-9-11-13-15-17-19-21-32-39-45-51-57-63-69-84(89)101-80(73-95-82(87)67-61-55-49-43-37-29-20-18-16-14-12-10-8-2)75-99-103(91,92)97-71-79(86)72-98-104(93,94)100-76-81(74-96-83(88)68-62-56-50-44-38-33-28-24-26-31-36-42-48-54-60-66-78(5)6)102-85(90)70-64-58-52-46-40-34-27-23-22-25-30-35-41-47-53-59-65-77(3)4/h77-81,86H,7-76H2,1-6H3,(H,91,92)(H,93,94)/t79-,80+,81+/m0/s1. The van der Waals surface area contributed by atoms with Gasteiger partial charge in [0.15, 0.2) is 12.2 Å². The minimum Gasteiger partial charge on any atom is -0.462 e. The third-order valence-corrected chi connectivity index (χ3v) is 21.9. The summed E-state index contributed by atoms with van der Waals surface area (Å²) >= 11 is 0. The molecule has 0 radical (unpaired) electrons. The SMILES string of the molecule is CCCCCCCCCCCCCCCCC(=O)O[C@H](COC(=O)CCCCCCCCCCCCCCC)COP(=O)(O)OC[C@H](O)COP(=O)(O)OC[C@@H](COC(=O)CCCCCCCCCCCCCCCCCC(C)C)OC(=O)CCCCCCCCCCCCCCCCCCC(C)C. The minimum atomic E-state index is -4.97. The Morgan fingerprint density at radius 1 is 0.260 bits per heavy atom. The molecule has 17 nitrogen and oxygen atoms in total. The number of ether oxygens (including phenoxy) is 4. The molecule has 0 aliphatic heterocycles. The molecule has 0 amide bonds. The van der Waals surface area contributed by atoms with E-state index in [1.807, 2.05) is 0 Å². The second kappa shape index (κ2) is 76.4. The number of aliphatic hydroxyl groups is 1. The van der Waals surface area contributed by atoms with Gasteiger partial charge in [-0.15, -0.1) is 0 Å². The molecule has 618 valence electrons. The van der Waals surface area contributed by atoms with E-state index in [-0.39, 0.29) is 25.7 Å². The number of esters is 4. The predicted molar refractivity (Wildman–Crippen MR) is 428 cm³/mol. The molecule has 0 spiro atoms. The number of hydrogen-bond acceptors (Lipinski definition) is 15. The summed E-state index contributed by atoms with van der Waals surface area (Å²) in [6.45, 7) is 9.73. The van der Waals surface area contributed by atoms with Crippen LogP contribution in [0.1, 0.15) is 452 Å². The van der Waals surface area contributed by atoms with Crippen molar-refractivity contribution in [2.75, 3.05) is 39.6 Å². The lowest BCUT2D eigenvalue weighted by Gasteiger charge is -2.21. The number of hydrogen-bond donors (Lipinski definition) is 3. The van der Waals surface area contributed by atoms with Gasteiger partial charge in [-0.25, -0.2) is 9.13 Å². The third-order valence-electron chi connectivity index (χ3n) is 20.0. The van der Waals surface area contributed by atoms with Crippen molar-refractivity contribution in [2.45, 2.75) is 471 Å². The quantitative estimate of drug-likeness (QED) is 0.0222. The molecule has 0 aromatic rings. The molecule has 3 N–H and O–H groups in total. The number of carbonyl (C=O) groups excluding carboxylic acids is 4. The van der Waals surface area contributed by atoms with Gasteiger partial charge in [-0.2, -0.15) is 0 Å². The highest BCUT2D eigenvalue weighted by Crippen LogP contribution is 2.45.